The van der Waals surface area contributed by atoms with E-state index in [1.54, 1.807) is 23.1 Å². The van der Waals surface area contributed by atoms with Crippen LogP contribution < -0.4 is 15.2 Å². The smallest absolute Gasteiger partial charge is 0.254 e. The van der Waals surface area contributed by atoms with E-state index in [-0.39, 0.29) is 31.1 Å². The van der Waals surface area contributed by atoms with Gasteiger partial charge in [-0.25, -0.2) is 0 Å². The molecule has 156 valence electrons. The minimum absolute atomic E-state index is 0. The van der Waals surface area contributed by atoms with Crippen molar-refractivity contribution in [3.05, 3.63) is 59.5 Å². The van der Waals surface area contributed by atoms with Crippen LogP contribution in [0.2, 0.25) is 0 Å². The van der Waals surface area contributed by atoms with E-state index < -0.39 is 0 Å². The van der Waals surface area contributed by atoms with E-state index in [1.807, 2.05) is 24.3 Å². The van der Waals surface area contributed by atoms with Gasteiger partial charge in [0.25, 0.3) is 5.91 Å². The Morgan fingerprint density at radius 1 is 1.13 bits per heavy atom. The Balaban J connectivity index is 0.00000218. The maximum Gasteiger partial charge on any atom is 0.254 e. The van der Waals surface area contributed by atoms with Crippen LogP contribution in [0.3, 0.4) is 0 Å². The lowest BCUT2D eigenvalue weighted by Gasteiger charge is -2.22. The zero-order valence-corrected chi connectivity index (χ0v) is 16.9. The second-order valence-corrected chi connectivity index (χ2v) is 7.08. The van der Waals surface area contributed by atoms with Gasteiger partial charge in [-0.3, -0.25) is 4.79 Å². The lowest BCUT2D eigenvalue weighted by molar-refractivity contribution is 0.0709. The van der Waals surface area contributed by atoms with Gasteiger partial charge in [0.15, 0.2) is 11.5 Å². The number of ether oxygens (including phenoxy) is 2. The third-order valence-electron chi connectivity index (χ3n) is 5.31. The van der Waals surface area contributed by atoms with Crippen LogP contribution in [0.4, 0.5) is 0 Å². The van der Waals surface area contributed by atoms with Crippen molar-refractivity contribution in [1.82, 2.24) is 15.0 Å². The summed E-state index contributed by atoms with van der Waals surface area (Å²) in [6, 6.07) is 12.7. The van der Waals surface area contributed by atoms with E-state index in [2.05, 4.69) is 10.1 Å². The number of hydrogen-bond donors (Lipinski definition) is 1. The maximum absolute atomic E-state index is 13.1. The number of benzene rings is 2. The molecule has 9 heteroatoms. The number of hydrogen-bond acceptors (Lipinski definition) is 7. The summed E-state index contributed by atoms with van der Waals surface area (Å²) in [7, 11) is 0. The molecule has 2 aromatic carbocycles. The van der Waals surface area contributed by atoms with Crippen molar-refractivity contribution in [2.45, 2.75) is 25.4 Å². The molecular formula is C21H21ClN4O4. The summed E-state index contributed by atoms with van der Waals surface area (Å²) in [5.74, 6) is 2.12. The Bertz CT molecular complexity index is 1050. The minimum atomic E-state index is -0.238. The van der Waals surface area contributed by atoms with E-state index in [0.717, 1.165) is 24.0 Å². The molecule has 3 heterocycles. The molecule has 1 atom stereocenters. The quantitative estimate of drug-likeness (QED) is 0.679. The molecular weight excluding hydrogens is 408 g/mol. The van der Waals surface area contributed by atoms with E-state index in [4.69, 9.17) is 19.7 Å². The van der Waals surface area contributed by atoms with Gasteiger partial charge in [0.1, 0.15) is 6.04 Å². The molecule has 3 aromatic rings. The first kappa shape index (κ1) is 20.2. The summed E-state index contributed by atoms with van der Waals surface area (Å²) < 4.78 is 16.2. The molecule has 1 unspecified atom stereocenters. The molecule has 5 rings (SSSR count). The van der Waals surface area contributed by atoms with Crippen molar-refractivity contribution in [2.24, 2.45) is 5.73 Å². The number of carbonyl (C=O) groups is 1. The zero-order chi connectivity index (χ0) is 19.8. The van der Waals surface area contributed by atoms with Crippen molar-refractivity contribution in [1.29, 1.82) is 0 Å². The molecule has 1 fully saturated rings. The van der Waals surface area contributed by atoms with Gasteiger partial charge in [0, 0.05) is 24.2 Å². The fourth-order valence-corrected chi connectivity index (χ4v) is 3.74. The second-order valence-electron chi connectivity index (χ2n) is 7.08. The van der Waals surface area contributed by atoms with Crippen molar-refractivity contribution >= 4 is 18.3 Å². The normalized spacial score (nSPS) is 17.1. The molecule has 1 saturated heterocycles. The lowest BCUT2D eigenvalue weighted by Crippen LogP contribution is -2.30. The molecule has 0 spiro atoms. The third kappa shape index (κ3) is 3.59. The predicted octanol–water partition coefficient (Wildman–Crippen LogP) is 3.32. The highest BCUT2D eigenvalue weighted by molar-refractivity contribution is 5.95. The van der Waals surface area contributed by atoms with Gasteiger partial charge < -0.3 is 24.6 Å². The Labute approximate surface area is 179 Å². The molecule has 30 heavy (non-hydrogen) atoms. The molecule has 2 aliphatic rings. The Morgan fingerprint density at radius 3 is 2.73 bits per heavy atom. The number of fused-ring (bicyclic) bond motifs is 1. The van der Waals surface area contributed by atoms with Crippen LogP contribution in [0.5, 0.6) is 11.5 Å². The number of nitrogens with zero attached hydrogens (tertiary/aromatic N) is 3. The number of amides is 1. The van der Waals surface area contributed by atoms with Gasteiger partial charge in [-0.2, -0.15) is 4.98 Å². The summed E-state index contributed by atoms with van der Waals surface area (Å²) in [4.78, 5) is 19.4. The summed E-state index contributed by atoms with van der Waals surface area (Å²) in [5.41, 5.74) is 8.09. The van der Waals surface area contributed by atoms with E-state index in [9.17, 15) is 4.79 Å². The van der Waals surface area contributed by atoms with E-state index in [0.29, 0.717) is 41.9 Å². The summed E-state index contributed by atoms with van der Waals surface area (Å²) in [5, 5.41) is 4.11. The van der Waals surface area contributed by atoms with Crippen LogP contribution in [0.15, 0.2) is 47.0 Å². The Hall–Kier alpha value is -3.10. The average molecular weight is 429 g/mol. The molecule has 8 nitrogen and oxygen atoms in total. The largest absolute Gasteiger partial charge is 0.454 e. The minimum Gasteiger partial charge on any atom is -0.454 e. The van der Waals surface area contributed by atoms with E-state index in [1.165, 1.54) is 0 Å². The van der Waals surface area contributed by atoms with Crippen LogP contribution >= 0.6 is 12.4 Å². The van der Waals surface area contributed by atoms with Gasteiger partial charge in [-0.15, -0.1) is 12.4 Å². The predicted molar refractivity (Wildman–Crippen MR) is 110 cm³/mol. The van der Waals surface area contributed by atoms with Crippen molar-refractivity contribution in [3.8, 4) is 22.9 Å². The van der Waals surface area contributed by atoms with Crippen molar-refractivity contribution in [3.63, 3.8) is 0 Å². The first-order chi connectivity index (χ1) is 14.2. The number of likely N-dealkylation sites (tertiary alicyclic amines) is 1. The fraction of sp³-hybridized carbons (Fsp3) is 0.286. The highest BCUT2D eigenvalue weighted by Gasteiger charge is 2.35. The van der Waals surface area contributed by atoms with E-state index >= 15 is 0 Å². The van der Waals surface area contributed by atoms with Crippen LogP contribution in [-0.2, 0) is 6.54 Å². The maximum atomic E-state index is 13.1. The van der Waals surface area contributed by atoms with Crippen LogP contribution in [0, 0.1) is 0 Å². The van der Waals surface area contributed by atoms with Gasteiger partial charge in [0.2, 0.25) is 18.5 Å². The fourth-order valence-electron chi connectivity index (χ4n) is 3.74. The van der Waals surface area contributed by atoms with Crippen molar-refractivity contribution < 1.29 is 18.8 Å². The molecule has 2 N–H and O–H groups in total. The topological polar surface area (TPSA) is 104 Å². The number of rotatable bonds is 4. The van der Waals surface area contributed by atoms with Crippen LogP contribution in [0.25, 0.3) is 11.4 Å². The standard InChI is InChI=1S/C21H20N4O4.ClH/c22-11-13-3-5-14(6-4-13)19-23-20(29-24-19)16-2-1-9-25(16)21(26)15-7-8-17-18(10-15)28-12-27-17;/h3-8,10,16H,1-2,9,11-12,22H2;1H. The first-order valence-electron chi connectivity index (χ1n) is 9.56. The molecule has 2 aliphatic heterocycles. The molecule has 0 saturated carbocycles. The highest BCUT2D eigenvalue weighted by Crippen LogP contribution is 2.36. The SMILES string of the molecule is Cl.NCc1ccc(-c2noc(C3CCCN3C(=O)c3ccc4c(c3)OCO4)n2)cc1. The monoisotopic (exact) mass is 428 g/mol. The molecule has 1 amide bonds. The number of halogens is 1. The van der Waals surface area contributed by atoms with Gasteiger partial charge in [0.05, 0.1) is 0 Å². The summed E-state index contributed by atoms with van der Waals surface area (Å²) in [6.45, 7) is 1.30. The van der Waals surface area contributed by atoms with Crippen molar-refractivity contribution in [2.75, 3.05) is 13.3 Å². The van der Waals surface area contributed by atoms with Crippen LogP contribution in [-0.4, -0.2) is 34.3 Å². The Kier molecular flexibility index (Phi) is 5.61. The van der Waals surface area contributed by atoms with Crippen LogP contribution in [0.1, 0.15) is 40.7 Å². The summed E-state index contributed by atoms with van der Waals surface area (Å²) >= 11 is 0. The number of nitrogens with two attached hydrogens (primary N) is 1. The molecule has 0 aliphatic carbocycles. The summed E-state index contributed by atoms with van der Waals surface area (Å²) in [6.07, 6.45) is 1.66. The molecule has 0 bridgehead atoms. The number of aromatic nitrogens is 2. The lowest BCUT2D eigenvalue weighted by atomic mass is 10.1. The molecule has 1 aromatic heterocycles. The first-order valence-corrected chi connectivity index (χ1v) is 9.56. The zero-order valence-electron chi connectivity index (χ0n) is 16.1. The number of carbonyl (C=O) groups excluding carboxylic acids is 1. The molecule has 0 radical (unpaired) electrons. The van der Waals surface area contributed by atoms with Gasteiger partial charge in [-0.05, 0) is 36.6 Å². The highest BCUT2D eigenvalue weighted by atomic mass is 35.5. The Morgan fingerprint density at radius 2 is 1.93 bits per heavy atom. The second kappa shape index (κ2) is 8.33. The third-order valence-corrected chi connectivity index (χ3v) is 5.31. The van der Waals surface area contributed by atoms with Gasteiger partial charge in [-0.1, -0.05) is 29.4 Å². The average Bonchev–Trinajstić information content (AvgIpc) is 3.52. The van der Waals surface area contributed by atoms with Gasteiger partial charge >= 0.3 is 0 Å².